The van der Waals surface area contributed by atoms with Gasteiger partial charge in [0.25, 0.3) is 10.0 Å². The van der Waals surface area contributed by atoms with E-state index in [1.807, 2.05) is 31.2 Å². The van der Waals surface area contributed by atoms with E-state index in [-0.39, 0.29) is 4.90 Å². The second-order valence-corrected chi connectivity index (χ2v) is 8.03. The number of ether oxygens (including phenoxy) is 1. The molecule has 0 aliphatic rings. The van der Waals surface area contributed by atoms with Crippen molar-refractivity contribution in [1.29, 1.82) is 0 Å². The lowest BCUT2D eigenvalue weighted by atomic mass is 10.2. The van der Waals surface area contributed by atoms with Gasteiger partial charge in [-0.2, -0.15) is 0 Å². The van der Waals surface area contributed by atoms with Crippen molar-refractivity contribution in [1.82, 2.24) is 4.98 Å². The molecule has 3 aromatic carbocycles. The van der Waals surface area contributed by atoms with Gasteiger partial charge in [-0.05, 0) is 49.4 Å². The fraction of sp³-hybridized carbons (Fsp3) is 0.0952. The van der Waals surface area contributed by atoms with E-state index >= 15 is 0 Å². The molecule has 7 heteroatoms. The number of aromatic nitrogens is 1. The van der Waals surface area contributed by atoms with Gasteiger partial charge < -0.3 is 9.15 Å². The zero-order chi connectivity index (χ0) is 19.7. The van der Waals surface area contributed by atoms with Gasteiger partial charge in [-0.1, -0.05) is 23.8 Å². The number of anilines is 1. The molecular weight excluding hydrogens is 376 g/mol. The van der Waals surface area contributed by atoms with E-state index in [0.717, 1.165) is 11.1 Å². The molecule has 142 valence electrons. The van der Waals surface area contributed by atoms with E-state index in [1.54, 1.807) is 49.6 Å². The smallest absolute Gasteiger partial charge is 0.261 e. The van der Waals surface area contributed by atoms with Crippen LogP contribution in [0.5, 0.6) is 5.75 Å². The average Bonchev–Trinajstić information content (AvgIpc) is 3.11. The van der Waals surface area contributed by atoms with E-state index in [2.05, 4.69) is 9.71 Å². The maximum absolute atomic E-state index is 12.6. The highest BCUT2D eigenvalue weighted by molar-refractivity contribution is 7.92. The topological polar surface area (TPSA) is 81.4 Å². The molecule has 6 nitrogen and oxygen atoms in total. The Bertz CT molecular complexity index is 1250. The van der Waals surface area contributed by atoms with Crippen molar-refractivity contribution >= 4 is 26.8 Å². The normalized spacial score (nSPS) is 11.5. The summed E-state index contributed by atoms with van der Waals surface area (Å²) in [5.74, 6) is 1.14. The van der Waals surface area contributed by atoms with E-state index in [4.69, 9.17) is 9.15 Å². The van der Waals surface area contributed by atoms with Crippen LogP contribution in [0.2, 0.25) is 0 Å². The Kier molecular flexibility index (Phi) is 4.52. The van der Waals surface area contributed by atoms with Crippen LogP contribution in [0.15, 0.2) is 76.0 Å². The lowest BCUT2D eigenvalue weighted by Crippen LogP contribution is -2.12. The molecule has 0 aliphatic carbocycles. The van der Waals surface area contributed by atoms with Crippen LogP contribution in [-0.2, 0) is 10.0 Å². The number of fused-ring (bicyclic) bond motifs is 1. The number of benzene rings is 3. The van der Waals surface area contributed by atoms with Crippen LogP contribution in [0.3, 0.4) is 0 Å². The van der Waals surface area contributed by atoms with E-state index in [9.17, 15) is 8.42 Å². The summed E-state index contributed by atoms with van der Waals surface area (Å²) in [5.41, 5.74) is 3.30. The Labute approximate surface area is 162 Å². The van der Waals surface area contributed by atoms with Gasteiger partial charge >= 0.3 is 0 Å². The average molecular weight is 394 g/mol. The van der Waals surface area contributed by atoms with Crippen LogP contribution in [0.1, 0.15) is 5.56 Å². The number of nitrogens with zero attached hydrogens (tertiary/aromatic N) is 1. The molecule has 4 aromatic rings. The second-order valence-electron chi connectivity index (χ2n) is 6.35. The van der Waals surface area contributed by atoms with Crippen LogP contribution >= 0.6 is 0 Å². The molecule has 1 heterocycles. The Morgan fingerprint density at radius 2 is 1.79 bits per heavy atom. The molecule has 0 amide bonds. The van der Waals surface area contributed by atoms with Gasteiger partial charge in [-0.25, -0.2) is 13.4 Å². The van der Waals surface area contributed by atoms with E-state index in [0.29, 0.717) is 28.4 Å². The number of hydrogen-bond acceptors (Lipinski definition) is 5. The molecule has 28 heavy (non-hydrogen) atoms. The van der Waals surface area contributed by atoms with Crippen molar-refractivity contribution in [2.24, 2.45) is 0 Å². The number of nitrogens with one attached hydrogen (secondary N) is 1. The number of oxazole rings is 1. The number of aryl methyl sites for hydroxylation is 1. The maximum atomic E-state index is 12.6. The van der Waals surface area contributed by atoms with Crippen LogP contribution in [-0.4, -0.2) is 20.5 Å². The number of sulfonamides is 1. The van der Waals surface area contributed by atoms with Crippen molar-refractivity contribution in [3.05, 3.63) is 72.3 Å². The van der Waals surface area contributed by atoms with Crippen molar-refractivity contribution in [2.75, 3.05) is 11.8 Å². The highest BCUT2D eigenvalue weighted by Crippen LogP contribution is 2.29. The summed E-state index contributed by atoms with van der Waals surface area (Å²) in [6.45, 7) is 1.90. The summed E-state index contributed by atoms with van der Waals surface area (Å²) in [6.07, 6.45) is 0. The SMILES string of the molecule is COc1cccc(-c2nc3ccc(NS(=O)(=O)c4ccc(C)cc4)cc3o2)c1. The molecule has 0 bridgehead atoms. The summed E-state index contributed by atoms with van der Waals surface area (Å²) in [4.78, 5) is 4.67. The van der Waals surface area contributed by atoms with Crippen molar-refractivity contribution in [3.8, 4) is 17.2 Å². The van der Waals surface area contributed by atoms with E-state index in [1.165, 1.54) is 0 Å². The van der Waals surface area contributed by atoms with Crippen molar-refractivity contribution in [3.63, 3.8) is 0 Å². The van der Waals surface area contributed by atoms with Crippen LogP contribution < -0.4 is 9.46 Å². The quantitative estimate of drug-likeness (QED) is 0.534. The number of hydrogen-bond donors (Lipinski definition) is 1. The molecular formula is C21H18N2O4S. The lowest BCUT2D eigenvalue weighted by Gasteiger charge is -2.08. The standard InChI is InChI=1S/C21H18N2O4S/c1-14-6-9-18(10-7-14)28(24,25)23-16-8-11-19-20(13-16)27-21(22-19)15-4-3-5-17(12-15)26-2/h3-13,23H,1-2H3. The third-order valence-electron chi connectivity index (χ3n) is 4.29. The van der Waals surface area contributed by atoms with Crippen molar-refractivity contribution in [2.45, 2.75) is 11.8 Å². The van der Waals surface area contributed by atoms with Gasteiger partial charge in [-0.15, -0.1) is 0 Å². The Morgan fingerprint density at radius 1 is 1.00 bits per heavy atom. The maximum Gasteiger partial charge on any atom is 0.261 e. The third-order valence-corrected chi connectivity index (χ3v) is 5.69. The van der Waals surface area contributed by atoms with Gasteiger partial charge in [0.1, 0.15) is 11.3 Å². The zero-order valence-electron chi connectivity index (χ0n) is 15.3. The molecule has 0 fully saturated rings. The minimum atomic E-state index is -3.68. The molecule has 0 radical (unpaired) electrons. The summed E-state index contributed by atoms with van der Waals surface area (Å²) in [7, 11) is -2.09. The van der Waals surface area contributed by atoms with Crippen molar-refractivity contribution < 1.29 is 17.6 Å². The molecule has 0 atom stereocenters. The minimum Gasteiger partial charge on any atom is -0.497 e. The monoisotopic (exact) mass is 394 g/mol. The first-order chi connectivity index (χ1) is 13.4. The van der Waals surface area contributed by atoms with Crippen LogP contribution in [0.25, 0.3) is 22.6 Å². The van der Waals surface area contributed by atoms with E-state index < -0.39 is 10.0 Å². The Balaban J connectivity index is 1.65. The highest BCUT2D eigenvalue weighted by atomic mass is 32.2. The van der Waals surface area contributed by atoms with Gasteiger partial charge in [0, 0.05) is 11.6 Å². The first-order valence-corrected chi connectivity index (χ1v) is 10.1. The Morgan fingerprint density at radius 3 is 2.54 bits per heavy atom. The van der Waals surface area contributed by atoms with Gasteiger partial charge in [0.2, 0.25) is 5.89 Å². The second kappa shape index (κ2) is 7.01. The molecule has 1 aromatic heterocycles. The summed E-state index contributed by atoms with van der Waals surface area (Å²) >= 11 is 0. The van der Waals surface area contributed by atoms with Crippen LogP contribution in [0.4, 0.5) is 5.69 Å². The lowest BCUT2D eigenvalue weighted by molar-refractivity contribution is 0.415. The summed E-state index contributed by atoms with van der Waals surface area (Å²) in [5, 5.41) is 0. The molecule has 0 saturated heterocycles. The number of methoxy groups -OCH3 is 1. The van der Waals surface area contributed by atoms with Gasteiger partial charge in [-0.3, -0.25) is 4.72 Å². The largest absolute Gasteiger partial charge is 0.497 e. The predicted octanol–water partition coefficient (Wildman–Crippen LogP) is 4.61. The Hall–Kier alpha value is -3.32. The fourth-order valence-electron chi connectivity index (χ4n) is 2.80. The summed E-state index contributed by atoms with van der Waals surface area (Å²) < 4.78 is 38.8. The van der Waals surface area contributed by atoms with Gasteiger partial charge in [0.05, 0.1) is 17.7 Å². The third kappa shape index (κ3) is 3.57. The summed E-state index contributed by atoms with van der Waals surface area (Å²) in [6, 6.07) is 19.0. The number of rotatable bonds is 5. The zero-order valence-corrected chi connectivity index (χ0v) is 16.2. The molecule has 1 N–H and O–H groups in total. The first-order valence-electron chi connectivity index (χ1n) is 8.59. The fourth-order valence-corrected chi connectivity index (χ4v) is 3.85. The van der Waals surface area contributed by atoms with Gasteiger partial charge in [0.15, 0.2) is 5.58 Å². The molecule has 0 aliphatic heterocycles. The predicted molar refractivity (Wildman–Crippen MR) is 108 cm³/mol. The molecule has 0 spiro atoms. The van der Waals surface area contributed by atoms with Crippen LogP contribution in [0, 0.1) is 6.92 Å². The minimum absolute atomic E-state index is 0.202. The molecule has 0 saturated carbocycles. The molecule has 4 rings (SSSR count). The first kappa shape index (κ1) is 18.1. The molecule has 0 unspecified atom stereocenters. The highest BCUT2D eigenvalue weighted by Gasteiger charge is 2.15.